The zero-order valence-corrected chi connectivity index (χ0v) is 14.2. The largest absolute Gasteiger partial charge is 0.316 e. The molecule has 2 aromatic carbocycles. The molecule has 0 bridgehead atoms. The molecular formula is C14H14FIN2O2S. The molecule has 0 aliphatic heterocycles. The Balaban J connectivity index is 2.29. The highest BCUT2D eigenvalue weighted by molar-refractivity contribution is 14.1. The fourth-order valence-electron chi connectivity index (χ4n) is 1.80. The maximum absolute atomic E-state index is 14.0. The molecule has 0 radical (unpaired) electrons. The molecule has 0 atom stereocenters. The SMILES string of the molecule is CNCc1ccc(S(=O)(=O)Nc2ccc(I)cc2)c(F)c1. The Labute approximate surface area is 137 Å². The van der Waals surface area contributed by atoms with Crippen molar-refractivity contribution in [3.63, 3.8) is 0 Å². The molecular weight excluding hydrogens is 406 g/mol. The lowest BCUT2D eigenvalue weighted by Gasteiger charge is -2.10. The van der Waals surface area contributed by atoms with Gasteiger partial charge in [0.2, 0.25) is 0 Å². The number of rotatable bonds is 5. The summed E-state index contributed by atoms with van der Waals surface area (Å²) >= 11 is 2.12. The number of nitrogens with one attached hydrogen (secondary N) is 2. The molecule has 2 rings (SSSR count). The van der Waals surface area contributed by atoms with Gasteiger partial charge in [0.15, 0.2) is 0 Å². The summed E-state index contributed by atoms with van der Waals surface area (Å²) < 4.78 is 41.8. The first-order valence-electron chi connectivity index (χ1n) is 6.14. The van der Waals surface area contributed by atoms with Gasteiger partial charge in [-0.15, -0.1) is 0 Å². The highest BCUT2D eigenvalue weighted by atomic mass is 127. The minimum absolute atomic E-state index is 0.360. The second-order valence-electron chi connectivity index (χ2n) is 4.41. The zero-order valence-electron chi connectivity index (χ0n) is 11.2. The van der Waals surface area contributed by atoms with Crippen LogP contribution in [0.3, 0.4) is 0 Å². The summed E-state index contributed by atoms with van der Waals surface area (Å²) in [6.07, 6.45) is 0. The minimum atomic E-state index is -3.94. The Kier molecular flexibility index (Phi) is 5.17. The van der Waals surface area contributed by atoms with Crippen molar-refractivity contribution in [3.05, 3.63) is 57.4 Å². The molecule has 112 valence electrons. The predicted octanol–water partition coefficient (Wildman–Crippen LogP) is 2.95. The van der Waals surface area contributed by atoms with E-state index in [-0.39, 0.29) is 4.90 Å². The summed E-state index contributed by atoms with van der Waals surface area (Å²) in [4.78, 5) is -0.360. The molecule has 0 amide bonds. The van der Waals surface area contributed by atoms with Crippen LogP contribution in [-0.2, 0) is 16.6 Å². The molecule has 0 saturated heterocycles. The summed E-state index contributed by atoms with van der Waals surface area (Å²) in [6, 6.07) is 10.9. The van der Waals surface area contributed by atoms with Crippen molar-refractivity contribution < 1.29 is 12.8 Å². The van der Waals surface area contributed by atoms with Gasteiger partial charge < -0.3 is 5.32 Å². The third-order valence-electron chi connectivity index (χ3n) is 2.76. The Morgan fingerprint density at radius 3 is 2.38 bits per heavy atom. The van der Waals surface area contributed by atoms with Crippen LogP contribution >= 0.6 is 22.6 Å². The highest BCUT2D eigenvalue weighted by Gasteiger charge is 2.19. The summed E-state index contributed by atoms with van der Waals surface area (Å²) in [5.74, 6) is -0.763. The Bertz CT molecular complexity index is 733. The maximum Gasteiger partial charge on any atom is 0.264 e. The third-order valence-corrected chi connectivity index (χ3v) is 4.90. The van der Waals surface area contributed by atoms with E-state index >= 15 is 0 Å². The van der Waals surface area contributed by atoms with E-state index in [0.717, 1.165) is 3.57 Å². The van der Waals surface area contributed by atoms with E-state index in [1.54, 1.807) is 37.4 Å². The number of benzene rings is 2. The van der Waals surface area contributed by atoms with Crippen molar-refractivity contribution in [1.29, 1.82) is 0 Å². The summed E-state index contributed by atoms with van der Waals surface area (Å²) in [7, 11) is -2.20. The first kappa shape index (κ1) is 16.2. The summed E-state index contributed by atoms with van der Waals surface area (Å²) in [5.41, 5.74) is 1.08. The van der Waals surface area contributed by atoms with Crippen LogP contribution in [0.5, 0.6) is 0 Å². The predicted molar refractivity (Wildman–Crippen MR) is 89.1 cm³/mol. The monoisotopic (exact) mass is 420 g/mol. The first-order chi connectivity index (χ1) is 9.92. The molecule has 0 saturated carbocycles. The molecule has 2 N–H and O–H groups in total. The molecule has 0 unspecified atom stereocenters. The smallest absolute Gasteiger partial charge is 0.264 e. The van der Waals surface area contributed by atoms with Gasteiger partial charge in [0.1, 0.15) is 10.7 Å². The van der Waals surface area contributed by atoms with E-state index in [1.807, 2.05) is 0 Å². The van der Waals surface area contributed by atoms with Crippen LogP contribution in [0.25, 0.3) is 0 Å². The van der Waals surface area contributed by atoms with E-state index < -0.39 is 15.8 Å². The minimum Gasteiger partial charge on any atom is -0.316 e. The molecule has 0 heterocycles. The second-order valence-corrected chi connectivity index (χ2v) is 7.30. The number of hydrogen-bond acceptors (Lipinski definition) is 3. The lowest BCUT2D eigenvalue weighted by atomic mass is 10.2. The van der Waals surface area contributed by atoms with Crippen molar-refractivity contribution in [2.24, 2.45) is 0 Å². The van der Waals surface area contributed by atoms with Crippen LogP contribution in [0.15, 0.2) is 47.4 Å². The molecule has 0 aromatic heterocycles. The van der Waals surface area contributed by atoms with Crippen LogP contribution in [0, 0.1) is 9.39 Å². The summed E-state index contributed by atoms with van der Waals surface area (Å²) in [6.45, 7) is 0.474. The fraction of sp³-hybridized carbons (Fsp3) is 0.143. The van der Waals surface area contributed by atoms with Gasteiger partial charge in [0.25, 0.3) is 10.0 Å². The van der Waals surface area contributed by atoms with Gasteiger partial charge in [0, 0.05) is 15.8 Å². The van der Waals surface area contributed by atoms with Crippen LogP contribution in [0.1, 0.15) is 5.56 Å². The maximum atomic E-state index is 14.0. The van der Waals surface area contributed by atoms with E-state index in [0.29, 0.717) is 17.8 Å². The van der Waals surface area contributed by atoms with Gasteiger partial charge in [-0.2, -0.15) is 0 Å². The van der Waals surface area contributed by atoms with E-state index in [4.69, 9.17) is 0 Å². The molecule has 2 aromatic rings. The van der Waals surface area contributed by atoms with Gasteiger partial charge in [-0.25, -0.2) is 12.8 Å². The third kappa shape index (κ3) is 4.14. The molecule has 0 fully saturated rings. The quantitative estimate of drug-likeness (QED) is 0.732. The topological polar surface area (TPSA) is 58.2 Å². The van der Waals surface area contributed by atoms with Crippen LogP contribution in [0.2, 0.25) is 0 Å². The first-order valence-corrected chi connectivity index (χ1v) is 8.70. The average molecular weight is 420 g/mol. The lowest BCUT2D eigenvalue weighted by Crippen LogP contribution is -2.15. The molecule has 0 spiro atoms. The van der Waals surface area contributed by atoms with E-state index in [9.17, 15) is 12.8 Å². The van der Waals surface area contributed by atoms with Gasteiger partial charge in [-0.1, -0.05) is 6.07 Å². The highest BCUT2D eigenvalue weighted by Crippen LogP contribution is 2.20. The number of hydrogen-bond donors (Lipinski definition) is 2. The van der Waals surface area contributed by atoms with Crippen LogP contribution in [-0.4, -0.2) is 15.5 Å². The van der Waals surface area contributed by atoms with Crippen molar-refractivity contribution in [3.8, 4) is 0 Å². The number of halogens is 2. The Morgan fingerprint density at radius 2 is 1.81 bits per heavy atom. The Hall–Kier alpha value is -1.19. The molecule has 7 heteroatoms. The van der Waals surface area contributed by atoms with Gasteiger partial charge in [-0.05, 0) is 71.6 Å². The molecule has 0 aliphatic carbocycles. The average Bonchev–Trinajstić information content (AvgIpc) is 2.41. The standard InChI is InChI=1S/C14H14FIN2O2S/c1-17-9-10-2-7-14(13(15)8-10)21(19,20)18-12-5-3-11(16)4-6-12/h2-8,17-18H,9H2,1H3. The van der Waals surface area contributed by atoms with Crippen LogP contribution in [0.4, 0.5) is 10.1 Å². The van der Waals surface area contributed by atoms with Gasteiger partial charge in [0.05, 0.1) is 0 Å². The van der Waals surface area contributed by atoms with Crippen molar-refractivity contribution in [1.82, 2.24) is 5.32 Å². The molecule has 0 aliphatic rings. The summed E-state index contributed by atoms with van der Waals surface area (Å²) in [5, 5.41) is 2.88. The van der Waals surface area contributed by atoms with E-state index in [2.05, 4.69) is 32.6 Å². The van der Waals surface area contributed by atoms with Gasteiger partial charge >= 0.3 is 0 Å². The zero-order chi connectivity index (χ0) is 15.5. The molecule has 4 nitrogen and oxygen atoms in total. The lowest BCUT2D eigenvalue weighted by molar-refractivity contribution is 0.568. The van der Waals surface area contributed by atoms with Crippen molar-refractivity contribution >= 4 is 38.3 Å². The number of sulfonamides is 1. The second kappa shape index (κ2) is 6.71. The van der Waals surface area contributed by atoms with Gasteiger partial charge in [-0.3, -0.25) is 4.72 Å². The van der Waals surface area contributed by atoms with E-state index in [1.165, 1.54) is 12.1 Å². The normalized spacial score (nSPS) is 11.4. The Morgan fingerprint density at radius 1 is 1.14 bits per heavy atom. The van der Waals surface area contributed by atoms with Crippen molar-refractivity contribution in [2.45, 2.75) is 11.4 Å². The molecule has 21 heavy (non-hydrogen) atoms. The fourth-order valence-corrected chi connectivity index (χ4v) is 3.28. The number of anilines is 1. The van der Waals surface area contributed by atoms with Crippen LogP contribution < -0.4 is 10.0 Å². The van der Waals surface area contributed by atoms with Crippen molar-refractivity contribution in [2.75, 3.05) is 11.8 Å².